The van der Waals surface area contributed by atoms with Crippen LogP contribution in [0.1, 0.15) is 77.6 Å². The molecule has 3 nitrogen and oxygen atoms in total. The highest BCUT2D eigenvalue weighted by atomic mass is 16.6. The Morgan fingerprint density at radius 1 is 1.08 bits per heavy atom. The second-order valence-corrected chi connectivity index (χ2v) is 7.84. The molecule has 0 spiro atoms. The van der Waals surface area contributed by atoms with Gasteiger partial charge in [-0.25, -0.2) is 4.79 Å². The fraction of sp³-hybridized carbons (Fsp3) is 0.762. The van der Waals surface area contributed by atoms with E-state index in [1.165, 1.54) is 38.5 Å². The van der Waals surface area contributed by atoms with Crippen LogP contribution in [0.2, 0.25) is 0 Å². The fourth-order valence-corrected chi connectivity index (χ4v) is 4.95. The third-order valence-corrected chi connectivity index (χ3v) is 6.12. The van der Waals surface area contributed by atoms with Crippen molar-refractivity contribution in [3.8, 4) is 0 Å². The monoisotopic (exact) mass is 332 g/mol. The lowest BCUT2D eigenvalue weighted by atomic mass is 9.65. The third kappa shape index (κ3) is 3.41. The Kier molecular flexibility index (Phi) is 5.68. The number of esters is 1. The molecule has 0 saturated heterocycles. The van der Waals surface area contributed by atoms with E-state index in [2.05, 4.69) is 12.7 Å². The molecule has 0 aromatic rings. The van der Waals surface area contributed by atoms with E-state index in [-0.39, 0.29) is 5.97 Å². The first-order chi connectivity index (χ1) is 11.6. The third-order valence-electron chi connectivity index (χ3n) is 6.12. The molecule has 0 radical (unpaired) electrons. The van der Waals surface area contributed by atoms with Crippen molar-refractivity contribution in [3.05, 3.63) is 24.0 Å². The summed E-state index contributed by atoms with van der Waals surface area (Å²) >= 11 is 0. The summed E-state index contributed by atoms with van der Waals surface area (Å²) in [7, 11) is 0. The van der Waals surface area contributed by atoms with Gasteiger partial charge in [0.05, 0.1) is 6.61 Å². The van der Waals surface area contributed by atoms with Gasteiger partial charge in [-0.1, -0.05) is 45.1 Å². The van der Waals surface area contributed by atoms with Crippen molar-refractivity contribution < 1.29 is 14.3 Å². The maximum Gasteiger partial charge on any atom is 0.334 e. The fourth-order valence-electron chi connectivity index (χ4n) is 4.95. The van der Waals surface area contributed by atoms with Crippen LogP contribution in [0, 0.1) is 11.8 Å². The van der Waals surface area contributed by atoms with Crippen molar-refractivity contribution in [3.63, 3.8) is 0 Å². The summed E-state index contributed by atoms with van der Waals surface area (Å²) in [6.07, 6.45) is 15.2. The molecule has 2 saturated carbocycles. The second kappa shape index (κ2) is 7.76. The molecule has 1 heterocycles. The van der Waals surface area contributed by atoms with E-state index in [1.54, 1.807) is 6.92 Å². The van der Waals surface area contributed by atoms with Crippen molar-refractivity contribution in [1.82, 2.24) is 0 Å². The van der Waals surface area contributed by atoms with E-state index in [4.69, 9.17) is 9.47 Å². The van der Waals surface area contributed by atoms with Crippen molar-refractivity contribution in [2.24, 2.45) is 11.8 Å². The Balaban J connectivity index is 1.99. The summed E-state index contributed by atoms with van der Waals surface area (Å²) in [6.45, 7) is 6.29. The predicted octanol–water partition coefficient (Wildman–Crippen LogP) is 5.31. The number of hydrogen-bond donors (Lipinski definition) is 0. The Labute approximate surface area is 146 Å². The van der Waals surface area contributed by atoms with Crippen molar-refractivity contribution in [2.75, 3.05) is 6.61 Å². The number of rotatable bonds is 5. The van der Waals surface area contributed by atoms with E-state index >= 15 is 0 Å². The molecule has 24 heavy (non-hydrogen) atoms. The smallest absolute Gasteiger partial charge is 0.334 e. The van der Waals surface area contributed by atoms with E-state index in [0.29, 0.717) is 17.4 Å². The Hall–Kier alpha value is -1.25. The van der Waals surface area contributed by atoms with Gasteiger partial charge in [0.25, 0.3) is 0 Å². The Morgan fingerprint density at radius 3 is 2.04 bits per heavy atom. The van der Waals surface area contributed by atoms with E-state index in [1.807, 2.05) is 0 Å². The summed E-state index contributed by atoms with van der Waals surface area (Å²) in [6, 6.07) is 0. The molecule has 3 aliphatic rings. The summed E-state index contributed by atoms with van der Waals surface area (Å²) in [5, 5.41) is 0. The van der Waals surface area contributed by atoms with Gasteiger partial charge in [0.15, 0.2) is 5.60 Å². The Morgan fingerprint density at radius 2 is 1.62 bits per heavy atom. The second-order valence-electron chi connectivity index (χ2n) is 7.84. The topological polar surface area (TPSA) is 35.5 Å². The van der Waals surface area contributed by atoms with E-state index < -0.39 is 5.60 Å². The predicted molar refractivity (Wildman–Crippen MR) is 95.4 cm³/mol. The molecule has 0 N–H and O–H groups in total. The van der Waals surface area contributed by atoms with Crippen molar-refractivity contribution >= 4 is 5.97 Å². The van der Waals surface area contributed by atoms with Gasteiger partial charge in [0.2, 0.25) is 0 Å². The molecule has 0 aromatic heterocycles. The summed E-state index contributed by atoms with van der Waals surface area (Å²) in [5.41, 5.74) is -0.0579. The molecule has 0 aromatic carbocycles. The zero-order valence-electron chi connectivity index (χ0n) is 15.1. The number of carbonyl (C=O) groups excluding carboxylic acids is 1. The normalized spacial score (nSPS) is 23.5. The van der Waals surface area contributed by atoms with Gasteiger partial charge >= 0.3 is 5.97 Å². The minimum Gasteiger partial charge on any atom is -0.494 e. The van der Waals surface area contributed by atoms with Crippen LogP contribution in [-0.2, 0) is 14.3 Å². The maximum atomic E-state index is 12.6. The molecule has 0 bridgehead atoms. The summed E-state index contributed by atoms with van der Waals surface area (Å²) in [5.74, 6) is 1.49. The summed E-state index contributed by atoms with van der Waals surface area (Å²) in [4.78, 5) is 12.6. The van der Waals surface area contributed by atoms with Crippen LogP contribution in [0.4, 0.5) is 0 Å². The zero-order chi connectivity index (χ0) is 17.0. The largest absolute Gasteiger partial charge is 0.494 e. The molecule has 3 rings (SSSR count). The SMILES string of the molecule is C=C(C)C(=O)OC(C1=CCCO1)(C1CCCCC1)C1CCCCC1. The number of ether oxygens (including phenoxy) is 2. The average Bonchev–Trinajstić information content (AvgIpc) is 3.16. The molecule has 2 fully saturated rings. The van der Waals surface area contributed by atoms with Crippen LogP contribution >= 0.6 is 0 Å². The zero-order valence-corrected chi connectivity index (χ0v) is 15.1. The molecule has 2 aliphatic carbocycles. The first-order valence-electron chi connectivity index (χ1n) is 9.87. The van der Waals surface area contributed by atoms with Crippen LogP contribution in [0.3, 0.4) is 0 Å². The minimum absolute atomic E-state index is 0.248. The maximum absolute atomic E-state index is 12.6. The molecule has 1 aliphatic heterocycles. The number of hydrogen-bond acceptors (Lipinski definition) is 3. The van der Waals surface area contributed by atoms with Crippen LogP contribution in [0.15, 0.2) is 24.0 Å². The molecule has 134 valence electrons. The quantitative estimate of drug-likeness (QED) is 0.505. The van der Waals surface area contributed by atoms with Gasteiger partial charge in [0.1, 0.15) is 5.76 Å². The molecule has 0 atom stereocenters. The molecule has 3 heteroatoms. The van der Waals surface area contributed by atoms with Gasteiger partial charge in [0, 0.05) is 23.8 Å². The van der Waals surface area contributed by atoms with Crippen LogP contribution < -0.4 is 0 Å². The lowest BCUT2D eigenvalue weighted by molar-refractivity contribution is -0.174. The molecule has 0 unspecified atom stereocenters. The first kappa shape index (κ1) is 17.6. The lowest BCUT2D eigenvalue weighted by Gasteiger charge is -2.48. The number of carbonyl (C=O) groups is 1. The van der Waals surface area contributed by atoms with Crippen LogP contribution in [0.25, 0.3) is 0 Å². The van der Waals surface area contributed by atoms with E-state index in [9.17, 15) is 4.79 Å². The lowest BCUT2D eigenvalue weighted by Crippen LogP contribution is -2.52. The average molecular weight is 332 g/mol. The van der Waals surface area contributed by atoms with E-state index in [0.717, 1.165) is 44.5 Å². The highest BCUT2D eigenvalue weighted by molar-refractivity contribution is 5.87. The highest BCUT2D eigenvalue weighted by Crippen LogP contribution is 2.50. The molecular weight excluding hydrogens is 300 g/mol. The molecule has 0 amide bonds. The van der Waals surface area contributed by atoms with Crippen molar-refractivity contribution in [1.29, 1.82) is 0 Å². The van der Waals surface area contributed by atoms with Gasteiger partial charge in [-0.15, -0.1) is 0 Å². The van der Waals surface area contributed by atoms with Gasteiger partial charge in [-0.3, -0.25) is 0 Å². The first-order valence-corrected chi connectivity index (χ1v) is 9.87. The summed E-state index contributed by atoms with van der Waals surface area (Å²) < 4.78 is 12.4. The van der Waals surface area contributed by atoms with Gasteiger partial charge < -0.3 is 9.47 Å². The van der Waals surface area contributed by atoms with Crippen LogP contribution in [0.5, 0.6) is 0 Å². The van der Waals surface area contributed by atoms with Gasteiger partial charge in [-0.2, -0.15) is 0 Å². The highest BCUT2D eigenvalue weighted by Gasteiger charge is 2.53. The minimum atomic E-state index is -0.548. The molecular formula is C21H32O3. The van der Waals surface area contributed by atoms with Crippen molar-refractivity contribution in [2.45, 2.75) is 83.2 Å². The standard InChI is InChI=1S/C21H32O3/c1-16(2)20(22)24-21(19-14-9-15-23-19,17-10-5-3-6-11-17)18-12-7-4-8-13-18/h14,17-18H,1,3-13,15H2,2H3. The van der Waals surface area contributed by atoms with Crippen LogP contribution in [-0.4, -0.2) is 18.2 Å². The van der Waals surface area contributed by atoms with Gasteiger partial charge in [-0.05, 0) is 38.7 Å². The Bertz CT molecular complexity index is 475.